The van der Waals surface area contributed by atoms with E-state index in [0.29, 0.717) is 10.0 Å². The first-order valence-corrected chi connectivity index (χ1v) is 8.21. The van der Waals surface area contributed by atoms with Crippen LogP contribution in [0.15, 0.2) is 18.2 Å². The van der Waals surface area contributed by atoms with Gasteiger partial charge >= 0.3 is 0 Å². The fourth-order valence-corrected chi connectivity index (χ4v) is 3.49. The second kappa shape index (κ2) is 7.65. The van der Waals surface area contributed by atoms with Crippen molar-refractivity contribution < 1.29 is 0 Å². The Morgan fingerprint density at radius 2 is 2.20 bits per heavy atom. The van der Waals surface area contributed by atoms with Gasteiger partial charge in [0.05, 0.1) is 10.0 Å². The highest BCUT2D eigenvalue weighted by molar-refractivity contribution is 6.42. The molecule has 0 bridgehead atoms. The van der Waals surface area contributed by atoms with Crippen LogP contribution in [0.5, 0.6) is 0 Å². The van der Waals surface area contributed by atoms with Crippen molar-refractivity contribution in [3.63, 3.8) is 0 Å². The number of benzene rings is 1. The molecule has 1 fully saturated rings. The Morgan fingerprint density at radius 1 is 1.40 bits per heavy atom. The Balaban J connectivity index is 1.97. The van der Waals surface area contributed by atoms with Crippen LogP contribution in [0.1, 0.15) is 37.8 Å². The van der Waals surface area contributed by atoms with Gasteiger partial charge in [0.15, 0.2) is 0 Å². The summed E-state index contributed by atoms with van der Waals surface area (Å²) < 4.78 is 0. The summed E-state index contributed by atoms with van der Waals surface area (Å²) in [5.74, 6) is 0.826. The molecular weight excluding hydrogens is 291 g/mol. The Morgan fingerprint density at radius 3 is 2.90 bits per heavy atom. The van der Waals surface area contributed by atoms with E-state index >= 15 is 0 Å². The van der Waals surface area contributed by atoms with Gasteiger partial charge in [-0.1, -0.05) is 42.3 Å². The lowest BCUT2D eigenvalue weighted by Gasteiger charge is -2.32. The van der Waals surface area contributed by atoms with Crippen molar-refractivity contribution in [2.75, 3.05) is 26.7 Å². The van der Waals surface area contributed by atoms with E-state index in [-0.39, 0.29) is 6.04 Å². The van der Waals surface area contributed by atoms with Crippen LogP contribution in [-0.4, -0.2) is 31.6 Å². The molecule has 1 heterocycles. The number of nitrogens with zero attached hydrogens (tertiary/aromatic N) is 1. The molecule has 1 aromatic carbocycles. The largest absolute Gasteiger partial charge is 0.313 e. The van der Waals surface area contributed by atoms with Crippen molar-refractivity contribution >= 4 is 23.2 Å². The van der Waals surface area contributed by atoms with Crippen LogP contribution < -0.4 is 5.32 Å². The minimum absolute atomic E-state index is 0.262. The van der Waals surface area contributed by atoms with Crippen LogP contribution in [-0.2, 0) is 0 Å². The number of hydrogen-bond acceptors (Lipinski definition) is 2. The van der Waals surface area contributed by atoms with Gasteiger partial charge in [0.25, 0.3) is 0 Å². The lowest BCUT2D eigenvalue weighted by Crippen LogP contribution is -2.36. The Labute approximate surface area is 132 Å². The summed E-state index contributed by atoms with van der Waals surface area (Å²) in [5, 5.41) is 4.68. The van der Waals surface area contributed by atoms with Crippen LogP contribution in [0.4, 0.5) is 0 Å². The van der Waals surface area contributed by atoms with E-state index in [1.54, 1.807) is 0 Å². The van der Waals surface area contributed by atoms with E-state index in [1.807, 2.05) is 19.2 Å². The van der Waals surface area contributed by atoms with Crippen molar-refractivity contribution in [3.8, 4) is 0 Å². The zero-order chi connectivity index (χ0) is 14.5. The standard InChI is InChI=1S/C16H24Cl2N2/c1-12-5-4-9-20(11-12)10-8-15(19-2)13-6-3-7-14(17)16(13)18/h3,6-7,12,15,19H,4-5,8-11H2,1-2H3. The van der Waals surface area contributed by atoms with Crippen molar-refractivity contribution in [3.05, 3.63) is 33.8 Å². The maximum absolute atomic E-state index is 6.33. The van der Waals surface area contributed by atoms with E-state index in [0.717, 1.165) is 24.4 Å². The normalized spacial score (nSPS) is 21.9. The Kier molecular flexibility index (Phi) is 6.16. The Bertz CT molecular complexity index is 436. The molecule has 0 aliphatic carbocycles. The summed E-state index contributed by atoms with van der Waals surface area (Å²) in [6, 6.07) is 6.13. The molecule has 1 saturated heterocycles. The maximum Gasteiger partial charge on any atom is 0.0640 e. The first-order chi connectivity index (χ1) is 9.61. The molecule has 2 rings (SSSR count). The van der Waals surface area contributed by atoms with Gasteiger partial charge in [-0.25, -0.2) is 0 Å². The van der Waals surface area contributed by atoms with E-state index < -0.39 is 0 Å². The molecule has 4 heteroatoms. The topological polar surface area (TPSA) is 15.3 Å². The predicted octanol–water partition coefficient (Wildman–Crippen LogP) is 4.38. The third kappa shape index (κ3) is 4.11. The molecule has 112 valence electrons. The van der Waals surface area contributed by atoms with E-state index in [1.165, 1.54) is 25.9 Å². The minimum atomic E-state index is 0.262. The molecule has 2 unspecified atom stereocenters. The van der Waals surface area contributed by atoms with Crippen molar-refractivity contribution in [1.82, 2.24) is 10.2 Å². The molecule has 1 aromatic rings. The predicted molar refractivity (Wildman–Crippen MR) is 87.7 cm³/mol. The zero-order valence-electron chi connectivity index (χ0n) is 12.3. The summed E-state index contributed by atoms with van der Waals surface area (Å²) in [6.45, 7) is 5.90. The summed E-state index contributed by atoms with van der Waals surface area (Å²) in [7, 11) is 1.99. The number of hydrogen-bond donors (Lipinski definition) is 1. The number of rotatable bonds is 5. The van der Waals surface area contributed by atoms with E-state index in [4.69, 9.17) is 23.2 Å². The molecule has 0 amide bonds. The third-order valence-electron chi connectivity index (χ3n) is 4.18. The molecular formula is C16H24Cl2N2. The molecule has 1 N–H and O–H groups in total. The van der Waals surface area contributed by atoms with Gasteiger partial charge in [-0.2, -0.15) is 0 Å². The minimum Gasteiger partial charge on any atom is -0.313 e. The van der Waals surface area contributed by atoms with Crippen LogP contribution >= 0.6 is 23.2 Å². The highest BCUT2D eigenvalue weighted by atomic mass is 35.5. The molecule has 0 aromatic heterocycles. The fraction of sp³-hybridized carbons (Fsp3) is 0.625. The van der Waals surface area contributed by atoms with Gasteiger partial charge in [0.2, 0.25) is 0 Å². The molecule has 0 radical (unpaired) electrons. The first kappa shape index (κ1) is 16.1. The highest BCUT2D eigenvalue weighted by Gasteiger charge is 2.19. The lowest BCUT2D eigenvalue weighted by atomic mass is 9.98. The SMILES string of the molecule is CNC(CCN1CCCC(C)C1)c1cccc(Cl)c1Cl. The molecule has 1 aliphatic heterocycles. The molecule has 20 heavy (non-hydrogen) atoms. The Hall–Kier alpha value is -0.280. The summed E-state index contributed by atoms with van der Waals surface area (Å²) in [6.07, 6.45) is 3.75. The number of likely N-dealkylation sites (tertiary alicyclic amines) is 1. The number of piperidine rings is 1. The van der Waals surface area contributed by atoms with Gasteiger partial charge in [-0.05, 0) is 56.9 Å². The van der Waals surface area contributed by atoms with Crippen molar-refractivity contribution in [2.45, 2.75) is 32.2 Å². The fourth-order valence-electron chi connectivity index (χ4n) is 3.05. The van der Waals surface area contributed by atoms with Gasteiger partial charge in [-0.15, -0.1) is 0 Å². The third-order valence-corrected chi connectivity index (χ3v) is 5.01. The maximum atomic E-state index is 6.33. The second-order valence-electron chi connectivity index (χ2n) is 5.82. The lowest BCUT2D eigenvalue weighted by molar-refractivity contribution is 0.176. The van der Waals surface area contributed by atoms with Crippen LogP contribution in [0.3, 0.4) is 0 Å². The van der Waals surface area contributed by atoms with Crippen LogP contribution in [0.25, 0.3) is 0 Å². The molecule has 2 atom stereocenters. The zero-order valence-corrected chi connectivity index (χ0v) is 13.8. The number of nitrogens with one attached hydrogen (secondary N) is 1. The summed E-state index contributed by atoms with van der Waals surface area (Å²) in [5.41, 5.74) is 1.10. The van der Waals surface area contributed by atoms with Crippen LogP contribution in [0, 0.1) is 5.92 Å². The van der Waals surface area contributed by atoms with Crippen molar-refractivity contribution in [2.24, 2.45) is 5.92 Å². The van der Waals surface area contributed by atoms with Gasteiger partial charge in [0, 0.05) is 12.6 Å². The van der Waals surface area contributed by atoms with Crippen LogP contribution in [0.2, 0.25) is 10.0 Å². The quantitative estimate of drug-likeness (QED) is 0.867. The first-order valence-electron chi connectivity index (χ1n) is 7.45. The van der Waals surface area contributed by atoms with Crippen molar-refractivity contribution in [1.29, 1.82) is 0 Å². The van der Waals surface area contributed by atoms with Gasteiger partial charge < -0.3 is 10.2 Å². The highest BCUT2D eigenvalue weighted by Crippen LogP contribution is 2.31. The second-order valence-corrected chi connectivity index (χ2v) is 6.61. The molecule has 1 aliphatic rings. The summed E-state index contributed by atoms with van der Waals surface area (Å²) in [4.78, 5) is 2.57. The smallest absolute Gasteiger partial charge is 0.0640 e. The molecule has 0 saturated carbocycles. The van der Waals surface area contributed by atoms with Gasteiger partial charge in [0.1, 0.15) is 0 Å². The van der Waals surface area contributed by atoms with E-state index in [2.05, 4.69) is 23.2 Å². The van der Waals surface area contributed by atoms with E-state index in [9.17, 15) is 0 Å². The molecule has 0 spiro atoms. The number of halogens is 2. The monoisotopic (exact) mass is 314 g/mol. The average molecular weight is 315 g/mol. The molecule has 2 nitrogen and oxygen atoms in total. The van der Waals surface area contributed by atoms with Gasteiger partial charge in [-0.3, -0.25) is 0 Å². The summed E-state index contributed by atoms with van der Waals surface area (Å²) >= 11 is 12.4. The average Bonchev–Trinajstić information content (AvgIpc) is 2.44.